The molecule has 2 aromatic rings. The van der Waals surface area contributed by atoms with Crippen LogP contribution in [0.15, 0.2) is 48.5 Å². The summed E-state index contributed by atoms with van der Waals surface area (Å²) in [6, 6.07) is 14.4. The van der Waals surface area contributed by atoms with E-state index in [1.807, 2.05) is 43.3 Å². The lowest BCUT2D eigenvalue weighted by Crippen LogP contribution is -2.50. The number of hydrogen-bond donors (Lipinski definition) is 1. The largest absolute Gasteiger partial charge is 0.494 e. The Kier molecular flexibility index (Phi) is 5.71. The number of anilines is 2. The molecule has 0 bridgehead atoms. The van der Waals surface area contributed by atoms with Crippen molar-refractivity contribution in [3.05, 3.63) is 54.3 Å². The van der Waals surface area contributed by atoms with Crippen LogP contribution >= 0.6 is 12.2 Å². The number of thiocarbonyl (C=S) groups is 1. The van der Waals surface area contributed by atoms with Gasteiger partial charge < -0.3 is 19.9 Å². The lowest BCUT2D eigenvalue weighted by Gasteiger charge is -2.37. The van der Waals surface area contributed by atoms with Gasteiger partial charge in [0.05, 0.1) is 6.61 Å². The van der Waals surface area contributed by atoms with Gasteiger partial charge in [-0.1, -0.05) is 0 Å². The summed E-state index contributed by atoms with van der Waals surface area (Å²) in [7, 11) is 0. The SMILES string of the molecule is CCOc1ccc(NC(=S)N2CCN(c3ccc(F)cc3)CC2)cc1. The third-order valence-electron chi connectivity index (χ3n) is 4.18. The van der Waals surface area contributed by atoms with Crippen molar-refractivity contribution in [3.8, 4) is 5.75 Å². The minimum atomic E-state index is -0.205. The quantitative estimate of drug-likeness (QED) is 0.840. The van der Waals surface area contributed by atoms with Crippen molar-refractivity contribution in [3.63, 3.8) is 0 Å². The van der Waals surface area contributed by atoms with Crippen molar-refractivity contribution in [2.75, 3.05) is 43.0 Å². The van der Waals surface area contributed by atoms with Crippen LogP contribution in [0.1, 0.15) is 6.92 Å². The molecule has 1 aliphatic heterocycles. The van der Waals surface area contributed by atoms with Crippen LogP contribution in [0.3, 0.4) is 0 Å². The summed E-state index contributed by atoms with van der Waals surface area (Å²) in [6.45, 7) is 6.00. The molecule has 1 fully saturated rings. The molecule has 0 atom stereocenters. The topological polar surface area (TPSA) is 27.7 Å². The van der Waals surface area contributed by atoms with Crippen LogP contribution in [0.4, 0.5) is 15.8 Å². The van der Waals surface area contributed by atoms with E-state index in [0.29, 0.717) is 6.61 Å². The normalized spacial score (nSPS) is 14.3. The van der Waals surface area contributed by atoms with Crippen molar-refractivity contribution in [2.45, 2.75) is 6.92 Å². The molecule has 132 valence electrons. The molecule has 0 spiro atoms. The van der Waals surface area contributed by atoms with Gasteiger partial charge in [0.15, 0.2) is 5.11 Å². The number of piperazine rings is 1. The Morgan fingerprint density at radius 2 is 1.68 bits per heavy atom. The van der Waals surface area contributed by atoms with E-state index in [0.717, 1.165) is 48.4 Å². The van der Waals surface area contributed by atoms with E-state index in [4.69, 9.17) is 17.0 Å². The van der Waals surface area contributed by atoms with E-state index in [1.54, 1.807) is 0 Å². The highest BCUT2D eigenvalue weighted by Crippen LogP contribution is 2.19. The maximum Gasteiger partial charge on any atom is 0.173 e. The molecule has 1 heterocycles. The fourth-order valence-corrected chi connectivity index (χ4v) is 3.12. The summed E-state index contributed by atoms with van der Waals surface area (Å²) in [5.74, 6) is 0.648. The van der Waals surface area contributed by atoms with Gasteiger partial charge in [-0.25, -0.2) is 4.39 Å². The Bertz CT molecular complexity index is 698. The van der Waals surface area contributed by atoms with Crippen LogP contribution in [0.5, 0.6) is 5.75 Å². The Balaban J connectivity index is 1.51. The zero-order chi connectivity index (χ0) is 17.6. The highest BCUT2D eigenvalue weighted by Gasteiger charge is 2.19. The summed E-state index contributed by atoms with van der Waals surface area (Å²) in [4.78, 5) is 4.40. The number of rotatable bonds is 4. The second-order valence-electron chi connectivity index (χ2n) is 5.84. The zero-order valence-electron chi connectivity index (χ0n) is 14.2. The van der Waals surface area contributed by atoms with Crippen molar-refractivity contribution in [2.24, 2.45) is 0 Å². The van der Waals surface area contributed by atoms with Gasteiger partial charge in [-0.3, -0.25) is 0 Å². The van der Waals surface area contributed by atoms with E-state index in [1.165, 1.54) is 12.1 Å². The van der Waals surface area contributed by atoms with E-state index in [9.17, 15) is 4.39 Å². The fourth-order valence-electron chi connectivity index (χ4n) is 2.82. The molecule has 1 saturated heterocycles. The smallest absolute Gasteiger partial charge is 0.173 e. The minimum Gasteiger partial charge on any atom is -0.494 e. The monoisotopic (exact) mass is 359 g/mol. The van der Waals surface area contributed by atoms with E-state index in [2.05, 4.69) is 15.1 Å². The molecular weight excluding hydrogens is 337 g/mol. The molecule has 0 aromatic heterocycles. The Morgan fingerprint density at radius 1 is 1.04 bits per heavy atom. The highest BCUT2D eigenvalue weighted by atomic mass is 32.1. The van der Waals surface area contributed by atoms with E-state index < -0.39 is 0 Å². The summed E-state index contributed by atoms with van der Waals surface area (Å²) in [5, 5.41) is 4.00. The third kappa shape index (κ3) is 4.60. The predicted octanol–water partition coefficient (Wildman–Crippen LogP) is 3.74. The van der Waals surface area contributed by atoms with Gasteiger partial charge in [0, 0.05) is 37.6 Å². The molecule has 0 saturated carbocycles. The maximum absolute atomic E-state index is 13.0. The van der Waals surface area contributed by atoms with Crippen molar-refractivity contribution < 1.29 is 9.13 Å². The molecular formula is C19H22FN3OS. The number of benzene rings is 2. The lowest BCUT2D eigenvalue weighted by molar-refractivity contribution is 0.340. The van der Waals surface area contributed by atoms with Crippen LogP contribution in [-0.2, 0) is 0 Å². The van der Waals surface area contributed by atoms with E-state index in [-0.39, 0.29) is 5.82 Å². The van der Waals surface area contributed by atoms with Gasteiger partial charge in [-0.2, -0.15) is 0 Å². The Hall–Kier alpha value is -2.34. The van der Waals surface area contributed by atoms with Crippen LogP contribution < -0.4 is 15.0 Å². The summed E-state index contributed by atoms with van der Waals surface area (Å²) >= 11 is 5.53. The molecule has 6 heteroatoms. The first kappa shape index (κ1) is 17.5. The highest BCUT2D eigenvalue weighted by molar-refractivity contribution is 7.80. The maximum atomic E-state index is 13.0. The molecule has 25 heavy (non-hydrogen) atoms. The first-order valence-corrected chi connectivity index (χ1v) is 8.86. The average Bonchev–Trinajstić information content (AvgIpc) is 2.64. The van der Waals surface area contributed by atoms with Gasteiger partial charge in [0.25, 0.3) is 0 Å². The van der Waals surface area contributed by atoms with Crippen LogP contribution in [0, 0.1) is 5.82 Å². The van der Waals surface area contributed by atoms with Crippen LogP contribution in [-0.4, -0.2) is 42.8 Å². The molecule has 1 aliphatic rings. The molecule has 1 N–H and O–H groups in total. The average molecular weight is 359 g/mol. The van der Waals surface area contributed by atoms with E-state index >= 15 is 0 Å². The number of hydrogen-bond acceptors (Lipinski definition) is 3. The molecule has 4 nitrogen and oxygen atoms in total. The molecule has 0 aliphatic carbocycles. The van der Waals surface area contributed by atoms with Crippen molar-refractivity contribution in [1.82, 2.24) is 4.90 Å². The molecule has 0 radical (unpaired) electrons. The van der Waals surface area contributed by atoms with Crippen molar-refractivity contribution >= 4 is 28.7 Å². The van der Waals surface area contributed by atoms with Gasteiger partial charge in [0.1, 0.15) is 11.6 Å². The molecule has 3 rings (SSSR count). The summed E-state index contributed by atoms with van der Waals surface area (Å²) in [5.41, 5.74) is 2.00. The fraction of sp³-hybridized carbons (Fsp3) is 0.316. The molecule has 0 amide bonds. The van der Waals surface area contributed by atoms with Crippen LogP contribution in [0.25, 0.3) is 0 Å². The number of nitrogens with zero attached hydrogens (tertiary/aromatic N) is 2. The summed E-state index contributed by atoms with van der Waals surface area (Å²) < 4.78 is 18.5. The van der Waals surface area contributed by atoms with Gasteiger partial charge in [-0.05, 0) is 67.7 Å². The lowest BCUT2D eigenvalue weighted by atomic mass is 10.2. The van der Waals surface area contributed by atoms with Crippen molar-refractivity contribution in [1.29, 1.82) is 0 Å². The number of halogens is 1. The molecule has 2 aromatic carbocycles. The Morgan fingerprint density at radius 3 is 2.28 bits per heavy atom. The predicted molar refractivity (Wildman–Crippen MR) is 104 cm³/mol. The number of nitrogens with one attached hydrogen (secondary N) is 1. The first-order valence-electron chi connectivity index (χ1n) is 8.45. The van der Waals surface area contributed by atoms with Gasteiger partial charge >= 0.3 is 0 Å². The third-order valence-corrected chi connectivity index (χ3v) is 4.54. The first-order chi connectivity index (χ1) is 12.2. The van der Waals surface area contributed by atoms with Crippen LogP contribution in [0.2, 0.25) is 0 Å². The second-order valence-corrected chi connectivity index (χ2v) is 6.22. The summed E-state index contributed by atoms with van der Waals surface area (Å²) in [6.07, 6.45) is 0. The zero-order valence-corrected chi connectivity index (χ0v) is 15.1. The Labute approximate surface area is 153 Å². The van der Waals surface area contributed by atoms with Gasteiger partial charge in [-0.15, -0.1) is 0 Å². The molecule has 0 unspecified atom stereocenters. The standard InChI is InChI=1S/C19H22FN3OS/c1-2-24-18-9-5-16(6-10-18)21-19(25)23-13-11-22(12-14-23)17-7-3-15(20)4-8-17/h3-10H,2,11-14H2,1H3,(H,21,25). The second kappa shape index (κ2) is 8.16. The number of ether oxygens (including phenoxy) is 1. The minimum absolute atomic E-state index is 0.205. The van der Waals surface area contributed by atoms with Gasteiger partial charge in [0.2, 0.25) is 0 Å².